The minimum absolute atomic E-state index is 0.0383. The maximum absolute atomic E-state index is 14.2. The summed E-state index contributed by atoms with van der Waals surface area (Å²) in [6, 6.07) is 6.08. The Morgan fingerprint density at radius 3 is 2.36 bits per heavy atom. The van der Waals surface area contributed by atoms with E-state index in [1.165, 1.54) is 6.08 Å². The molecule has 5 fully saturated rings. The number of benzene rings is 2. The van der Waals surface area contributed by atoms with E-state index in [0.29, 0.717) is 36.7 Å². The van der Waals surface area contributed by atoms with Gasteiger partial charge in [0.05, 0.1) is 18.3 Å². The van der Waals surface area contributed by atoms with Crippen molar-refractivity contribution in [2.75, 3.05) is 89.0 Å². The van der Waals surface area contributed by atoms with Gasteiger partial charge in [-0.2, -0.15) is 23.3 Å². The number of aryl methyl sites for hydroxylation is 1. The molecule has 0 atom stereocenters. The number of hydrogen-bond acceptors (Lipinski definition) is 9. The first-order valence-electron chi connectivity index (χ1n) is 19.6. The number of halogens is 3. The van der Waals surface area contributed by atoms with Crippen molar-refractivity contribution in [3.63, 3.8) is 0 Å². The highest BCUT2D eigenvalue weighted by Crippen LogP contribution is 2.54. The van der Waals surface area contributed by atoms with Crippen molar-refractivity contribution >= 4 is 39.5 Å². The first-order valence-corrected chi connectivity index (χ1v) is 19.6. The van der Waals surface area contributed by atoms with Crippen LogP contribution in [0.2, 0.25) is 0 Å². The van der Waals surface area contributed by atoms with Crippen LogP contribution in [0.25, 0.3) is 32.9 Å². The van der Waals surface area contributed by atoms with Gasteiger partial charge in [-0.05, 0) is 99.4 Å². The average Bonchev–Trinajstić information content (AvgIpc) is 3.89. The van der Waals surface area contributed by atoms with Gasteiger partial charge in [-0.3, -0.25) is 9.89 Å². The van der Waals surface area contributed by atoms with Crippen LogP contribution in [0.4, 0.5) is 24.9 Å². The Bertz CT molecular complexity index is 2120. The van der Waals surface area contributed by atoms with Crippen LogP contribution in [0, 0.1) is 17.8 Å². The van der Waals surface area contributed by atoms with Gasteiger partial charge >= 0.3 is 6.18 Å². The van der Waals surface area contributed by atoms with Gasteiger partial charge in [0.25, 0.3) is 0 Å². The molecule has 2 aromatic carbocycles. The zero-order chi connectivity index (χ0) is 38.1. The summed E-state index contributed by atoms with van der Waals surface area (Å²) >= 11 is 0. The number of H-pyrrole nitrogens is 1. The molecule has 14 heteroatoms. The molecule has 9 rings (SSSR count). The van der Waals surface area contributed by atoms with E-state index >= 15 is 0 Å². The number of hydrogen-bond donors (Lipinski definition) is 1. The Kier molecular flexibility index (Phi) is 8.99. The second kappa shape index (κ2) is 13.6. The molecular weight excluding hydrogens is 709 g/mol. The quantitative estimate of drug-likeness (QED) is 0.183. The van der Waals surface area contributed by atoms with Crippen molar-refractivity contribution in [3.8, 4) is 16.9 Å². The van der Waals surface area contributed by atoms with Crippen LogP contribution in [0.1, 0.15) is 55.6 Å². The second-order valence-corrected chi connectivity index (χ2v) is 16.8. The van der Waals surface area contributed by atoms with Gasteiger partial charge < -0.3 is 29.1 Å². The van der Waals surface area contributed by atoms with Gasteiger partial charge in [0.15, 0.2) is 12.4 Å². The number of fused-ring (bicyclic) bond motifs is 2. The van der Waals surface area contributed by atoms with Crippen molar-refractivity contribution in [1.82, 2.24) is 30.0 Å². The second-order valence-electron chi connectivity index (χ2n) is 16.8. The van der Waals surface area contributed by atoms with Crippen LogP contribution in [0.15, 0.2) is 37.1 Å². The fourth-order valence-electron chi connectivity index (χ4n) is 9.59. The molecule has 292 valence electrons. The molecule has 5 aliphatic rings. The molecule has 0 bridgehead atoms. The van der Waals surface area contributed by atoms with E-state index in [1.54, 1.807) is 13.3 Å². The lowest BCUT2D eigenvalue weighted by Gasteiger charge is -2.54. The molecule has 2 aromatic heterocycles. The number of carbonyl (C=O) groups excluding carboxylic acids is 1. The summed E-state index contributed by atoms with van der Waals surface area (Å²) in [6.45, 7) is 12.3. The molecule has 11 nitrogen and oxygen atoms in total. The van der Waals surface area contributed by atoms with Crippen molar-refractivity contribution in [2.24, 2.45) is 10.8 Å². The van der Waals surface area contributed by atoms with E-state index in [2.05, 4.69) is 37.5 Å². The van der Waals surface area contributed by atoms with Crippen LogP contribution in [0.3, 0.4) is 0 Å². The number of ether oxygens (including phenoxy) is 2. The number of anilines is 2. The van der Waals surface area contributed by atoms with Gasteiger partial charge in [-0.1, -0.05) is 12.6 Å². The van der Waals surface area contributed by atoms with Gasteiger partial charge in [0.2, 0.25) is 11.9 Å². The lowest BCUT2D eigenvalue weighted by Crippen LogP contribution is -2.62. The van der Waals surface area contributed by atoms with Crippen LogP contribution in [0.5, 0.6) is 5.75 Å². The molecule has 1 N–H and O–H groups in total. The molecule has 55 heavy (non-hydrogen) atoms. The minimum Gasteiger partial charge on any atom is -0.481 e. The average molecular weight is 759 g/mol. The number of aromatic amines is 1. The molecule has 4 aromatic rings. The number of aromatic nitrogens is 4. The lowest BCUT2D eigenvalue weighted by molar-refractivity contribution is -0.153. The number of rotatable bonds is 10. The molecule has 1 aliphatic carbocycles. The molecule has 4 saturated heterocycles. The number of amides is 1. The smallest absolute Gasteiger partial charge is 0.422 e. The summed E-state index contributed by atoms with van der Waals surface area (Å²) in [5.74, 6) is 1.57. The van der Waals surface area contributed by atoms with E-state index in [0.717, 1.165) is 123 Å². The lowest BCUT2D eigenvalue weighted by atomic mass is 9.72. The number of piperidine rings is 2. The number of alkyl halides is 3. The van der Waals surface area contributed by atoms with Gasteiger partial charge in [-0.15, -0.1) is 0 Å². The topological polar surface area (TPSA) is 103 Å². The first kappa shape index (κ1) is 36.2. The molecule has 1 saturated carbocycles. The number of carbonyl (C=O) groups is 1. The molecule has 2 spiro atoms. The number of nitrogens with one attached hydrogen (secondary N) is 1. The maximum atomic E-state index is 14.2. The summed E-state index contributed by atoms with van der Waals surface area (Å²) in [7, 11) is 1.73. The van der Waals surface area contributed by atoms with Crippen LogP contribution < -0.4 is 14.5 Å². The standard InChI is InChI=1S/C41H49F3N8O3/c1-4-32(53)51-21-40(22-51)11-15-50(16-12-40)37-29-19-28(27-6-7-27)34(33-26(2)5-8-31-30(33)20-45-48-31)36(55-25-41(42,43)44)35(29)46-38(47-37)52-23-39(24-52)9-13-49(14-10-39)17-18-54-3/h4-5,8,19-20,27H,1,6-7,9-18,21-25H2,2-3H3,(H,45,48). The molecule has 0 unspecified atom stereocenters. The summed E-state index contributed by atoms with van der Waals surface area (Å²) in [5.41, 5.74) is 4.80. The SMILES string of the molecule is C=CC(=O)N1CC2(CCN(c3nc(N4CC5(CCN(CCOC)CC5)C4)nc4c(OCC(F)(F)F)c(-c5c(C)ccc6[nH]ncc56)c(C5CC5)cc34)CC2)C1. The Morgan fingerprint density at radius 2 is 1.69 bits per heavy atom. The number of nitrogens with zero attached hydrogens (tertiary/aromatic N) is 7. The highest BCUT2D eigenvalue weighted by molar-refractivity contribution is 6.06. The summed E-state index contributed by atoms with van der Waals surface area (Å²) in [6.07, 6.45) is 4.35. The predicted octanol–water partition coefficient (Wildman–Crippen LogP) is 6.46. The Hall–Kier alpha value is -4.43. The van der Waals surface area contributed by atoms with Crippen LogP contribution in [-0.2, 0) is 9.53 Å². The number of likely N-dealkylation sites (tertiary alicyclic amines) is 2. The number of methoxy groups -OCH3 is 1. The summed E-state index contributed by atoms with van der Waals surface area (Å²) < 4.78 is 53.8. The third kappa shape index (κ3) is 6.68. The van der Waals surface area contributed by atoms with Gasteiger partial charge in [0, 0.05) is 80.1 Å². The molecular formula is C41H49F3N8O3. The molecule has 6 heterocycles. The van der Waals surface area contributed by atoms with Gasteiger partial charge in [-0.25, -0.2) is 4.98 Å². The Morgan fingerprint density at radius 1 is 0.982 bits per heavy atom. The third-order valence-electron chi connectivity index (χ3n) is 13.0. The zero-order valence-electron chi connectivity index (χ0n) is 31.7. The van der Waals surface area contributed by atoms with Crippen molar-refractivity contribution < 1.29 is 27.4 Å². The first-order chi connectivity index (χ1) is 26.5. The van der Waals surface area contributed by atoms with Crippen molar-refractivity contribution in [1.29, 1.82) is 0 Å². The van der Waals surface area contributed by atoms with Crippen molar-refractivity contribution in [3.05, 3.63) is 48.2 Å². The normalized spacial score (nSPS) is 21.0. The molecule has 1 amide bonds. The Balaban J connectivity index is 1.15. The van der Waals surface area contributed by atoms with Gasteiger partial charge in [0.1, 0.15) is 11.3 Å². The van der Waals surface area contributed by atoms with Crippen LogP contribution in [-0.4, -0.2) is 121 Å². The highest BCUT2D eigenvalue weighted by atomic mass is 19.4. The molecule has 4 aliphatic heterocycles. The fourth-order valence-corrected chi connectivity index (χ4v) is 9.59. The summed E-state index contributed by atoms with van der Waals surface area (Å²) in [5, 5.41) is 8.91. The summed E-state index contributed by atoms with van der Waals surface area (Å²) in [4.78, 5) is 31.6. The van der Waals surface area contributed by atoms with E-state index in [4.69, 9.17) is 19.4 Å². The predicted molar refractivity (Wildman–Crippen MR) is 206 cm³/mol. The minimum atomic E-state index is -4.55. The van der Waals surface area contributed by atoms with Crippen molar-refractivity contribution in [2.45, 2.75) is 57.5 Å². The largest absolute Gasteiger partial charge is 0.481 e. The maximum Gasteiger partial charge on any atom is 0.422 e. The zero-order valence-corrected chi connectivity index (χ0v) is 31.7. The fraction of sp³-hybridized carbons (Fsp3) is 0.561. The highest BCUT2D eigenvalue weighted by Gasteiger charge is 2.48. The van der Waals surface area contributed by atoms with E-state index in [9.17, 15) is 18.0 Å². The van der Waals surface area contributed by atoms with Crippen LogP contribution >= 0.6 is 0 Å². The van der Waals surface area contributed by atoms with E-state index in [1.807, 2.05) is 24.0 Å². The third-order valence-corrected chi connectivity index (χ3v) is 13.0. The Labute approximate surface area is 318 Å². The monoisotopic (exact) mass is 758 g/mol. The molecule has 0 radical (unpaired) electrons. The van der Waals surface area contributed by atoms with E-state index < -0.39 is 12.8 Å². The van der Waals surface area contributed by atoms with E-state index in [-0.39, 0.29) is 28.4 Å².